The maximum absolute atomic E-state index is 13.1. The Bertz CT molecular complexity index is 903. The van der Waals surface area contributed by atoms with Gasteiger partial charge in [0.1, 0.15) is 0 Å². The van der Waals surface area contributed by atoms with E-state index in [1.54, 1.807) is 0 Å². The van der Waals surface area contributed by atoms with Gasteiger partial charge < -0.3 is 15.1 Å². The molecular weight excluding hydrogens is 406 g/mol. The number of amides is 1. The van der Waals surface area contributed by atoms with E-state index in [0.29, 0.717) is 6.54 Å². The summed E-state index contributed by atoms with van der Waals surface area (Å²) in [5.74, 6) is 1.01. The second-order valence-electron chi connectivity index (χ2n) is 10.0. The third kappa shape index (κ3) is 6.38. The first-order chi connectivity index (χ1) is 16.1. The molecule has 1 N–H and O–H groups in total. The zero-order chi connectivity index (χ0) is 23.0. The number of nitrogens with zero attached hydrogens (tertiary/aromatic N) is 2. The molecule has 0 spiro atoms. The molecule has 0 aliphatic carbocycles. The first-order valence-corrected chi connectivity index (χ1v) is 13.0. The number of carbonyl (C=O) groups excluding carboxylic acids is 1. The number of rotatable bonds is 10. The van der Waals surface area contributed by atoms with Crippen LogP contribution in [0.2, 0.25) is 0 Å². The summed E-state index contributed by atoms with van der Waals surface area (Å²) in [6.07, 6.45) is 8.03. The molecule has 2 aliphatic heterocycles. The van der Waals surface area contributed by atoms with E-state index >= 15 is 0 Å². The average molecular weight is 448 g/mol. The largest absolute Gasteiger partial charge is 0.370 e. The summed E-state index contributed by atoms with van der Waals surface area (Å²) >= 11 is 0. The number of benzene rings is 2. The van der Waals surface area contributed by atoms with Gasteiger partial charge >= 0.3 is 0 Å². The summed E-state index contributed by atoms with van der Waals surface area (Å²) in [5, 5.41) is 3.18. The van der Waals surface area contributed by atoms with Crippen molar-refractivity contribution >= 4 is 11.6 Å². The van der Waals surface area contributed by atoms with Gasteiger partial charge in [0.25, 0.3) is 0 Å². The number of nitrogens with one attached hydrogen (secondary N) is 1. The quantitative estimate of drug-likeness (QED) is 0.522. The lowest BCUT2D eigenvalue weighted by atomic mass is 9.91. The molecule has 1 fully saturated rings. The number of hydrogen-bond acceptors (Lipinski definition) is 3. The predicted octanol–water partition coefficient (Wildman–Crippen LogP) is 5.51. The number of fused-ring (bicyclic) bond motifs is 1. The molecule has 0 radical (unpaired) electrons. The van der Waals surface area contributed by atoms with Crippen LogP contribution in [0, 0.1) is 12.8 Å². The fraction of sp³-hybridized carbons (Fsp3) is 0.552. The fourth-order valence-electron chi connectivity index (χ4n) is 5.53. The van der Waals surface area contributed by atoms with Crippen molar-refractivity contribution in [1.29, 1.82) is 0 Å². The van der Waals surface area contributed by atoms with E-state index in [1.807, 2.05) is 0 Å². The van der Waals surface area contributed by atoms with Crippen LogP contribution in [0.1, 0.15) is 68.1 Å². The van der Waals surface area contributed by atoms with Crippen LogP contribution in [0.5, 0.6) is 0 Å². The van der Waals surface area contributed by atoms with Gasteiger partial charge in [0, 0.05) is 25.3 Å². The SMILES string of the molecule is CCCCC1CCN(CCCN2CC(C(=O)NCc3cccc(C)c3)c3ccccc32)CC1. The number of hydrogen-bond donors (Lipinski definition) is 1. The van der Waals surface area contributed by atoms with Gasteiger partial charge in [-0.05, 0) is 68.9 Å². The molecule has 0 bridgehead atoms. The van der Waals surface area contributed by atoms with E-state index in [2.05, 4.69) is 77.5 Å². The molecule has 2 heterocycles. The Morgan fingerprint density at radius 2 is 1.85 bits per heavy atom. The first-order valence-electron chi connectivity index (χ1n) is 13.0. The first kappa shape index (κ1) is 23.8. The van der Waals surface area contributed by atoms with Crippen molar-refractivity contribution in [2.75, 3.05) is 37.6 Å². The Balaban J connectivity index is 1.26. The Morgan fingerprint density at radius 1 is 1.03 bits per heavy atom. The summed E-state index contributed by atoms with van der Waals surface area (Å²) in [6.45, 7) is 10.5. The zero-order valence-corrected chi connectivity index (χ0v) is 20.6. The van der Waals surface area contributed by atoms with Gasteiger partial charge in [0.2, 0.25) is 5.91 Å². The van der Waals surface area contributed by atoms with Gasteiger partial charge in [-0.2, -0.15) is 0 Å². The van der Waals surface area contributed by atoms with E-state index in [4.69, 9.17) is 0 Å². The van der Waals surface area contributed by atoms with E-state index in [9.17, 15) is 4.79 Å². The summed E-state index contributed by atoms with van der Waals surface area (Å²) in [5.41, 5.74) is 4.80. The number of likely N-dealkylation sites (tertiary alicyclic amines) is 1. The Kier molecular flexibility index (Phi) is 8.44. The molecule has 1 unspecified atom stereocenters. The molecule has 4 rings (SSSR count). The third-order valence-corrected chi connectivity index (χ3v) is 7.50. The molecule has 0 aromatic heterocycles. The number of para-hydroxylation sites is 1. The zero-order valence-electron chi connectivity index (χ0n) is 20.6. The van der Waals surface area contributed by atoms with E-state index in [1.165, 1.54) is 68.6 Å². The second-order valence-corrected chi connectivity index (χ2v) is 10.0. The topological polar surface area (TPSA) is 35.6 Å². The molecule has 2 aliphatic rings. The average Bonchev–Trinajstić information content (AvgIpc) is 3.21. The highest BCUT2D eigenvalue weighted by atomic mass is 16.1. The van der Waals surface area contributed by atoms with Crippen LogP contribution in [-0.4, -0.2) is 43.5 Å². The lowest BCUT2D eigenvalue weighted by Crippen LogP contribution is -2.36. The van der Waals surface area contributed by atoms with E-state index in [-0.39, 0.29) is 11.8 Å². The van der Waals surface area contributed by atoms with E-state index in [0.717, 1.165) is 31.0 Å². The lowest BCUT2D eigenvalue weighted by Gasteiger charge is -2.32. The fourth-order valence-corrected chi connectivity index (χ4v) is 5.53. The highest BCUT2D eigenvalue weighted by molar-refractivity contribution is 5.88. The normalized spacial score (nSPS) is 19.0. The number of piperidine rings is 1. The molecular formula is C29H41N3O. The minimum atomic E-state index is -0.0830. The monoisotopic (exact) mass is 447 g/mol. The number of anilines is 1. The Hall–Kier alpha value is -2.33. The number of carbonyl (C=O) groups is 1. The molecule has 33 heavy (non-hydrogen) atoms. The molecule has 1 saturated heterocycles. The summed E-state index contributed by atoms with van der Waals surface area (Å²) in [7, 11) is 0. The van der Waals surface area contributed by atoms with Crippen molar-refractivity contribution in [3.8, 4) is 0 Å². The molecule has 4 nitrogen and oxygen atoms in total. The van der Waals surface area contributed by atoms with Crippen LogP contribution in [0.4, 0.5) is 5.69 Å². The van der Waals surface area contributed by atoms with Crippen molar-refractivity contribution in [3.05, 3.63) is 65.2 Å². The smallest absolute Gasteiger partial charge is 0.229 e. The minimum absolute atomic E-state index is 0.0830. The third-order valence-electron chi connectivity index (χ3n) is 7.50. The number of aryl methyl sites for hydroxylation is 1. The van der Waals surface area contributed by atoms with Gasteiger partial charge in [-0.3, -0.25) is 4.79 Å². The van der Waals surface area contributed by atoms with Crippen molar-refractivity contribution in [3.63, 3.8) is 0 Å². The van der Waals surface area contributed by atoms with Crippen molar-refractivity contribution < 1.29 is 4.79 Å². The molecule has 1 amide bonds. The van der Waals surface area contributed by atoms with Crippen molar-refractivity contribution in [2.45, 2.75) is 64.8 Å². The van der Waals surface area contributed by atoms with Gasteiger partial charge in [0.05, 0.1) is 5.92 Å². The van der Waals surface area contributed by atoms with Crippen molar-refractivity contribution in [2.24, 2.45) is 5.92 Å². The van der Waals surface area contributed by atoms with Gasteiger partial charge in [-0.25, -0.2) is 0 Å². The highest BCUT2D eigenvalue weighted by Crippen LogP contribution is 2.36. The summed E-state index contributed by atoms with van der Waals surface area (Å²) in [4.78, 5) is 18.2. The molecule has 0 saturated carbocycles. The van der Waals surface area contributed by atoms with Crippen LogP contribution in [-0.2, 0) is 11.3 Å². The molecule has 2 aromatic rings. The predicted molar refractivity (Wildman–Crippen MR) is 138 cm³/mol. The van der Waals surface area contributed by atoms with Crippen molar-refractivity contribution in [1.82, 2.24) is 10.2 Å². The number of unbranched alkanes of at least 4 members (excludes halogenated alkanes) is 1. The van der Waals surface area contributed by atoms with E-state index < -0.39 is 0 Å². The maximum Gasteiger partial charge on any atom is 0.229 e. The van der Waals surface area contributed by atoms with Gasteiger partial charge in [-0.15, -0.1) is 0 Å². The van der Waals surface area contributed by atoms with Crippen LogP contribution in [0.15, 0.2) is 48.5 Å². The Morgan fingerprint density at radius 3 is 2.64 bits per heavy atom. The molecule has 2 aromatic carbocycles. The van der Waals surface area contributed by atoms with Crippen LogP contribution in [0.25, 0.3) is 0 Å². The van der Waals surface area contributed by atoms with Crippen LogP contribution >= 0.6 is 0 Å². The molecule has 4 heteroatoms. The summed E-state index contributed by atoms with van der Waals surface area (Å²) < 4.78 is 0. The lowest BCUT2D eigenvalue weighted by molar-refractivity contribution is -0.122. The van der Waals surface area contributed by atoms with Gasteiger partial charge in [0.15, 0.2) is 0 Å². The Labute approximate surface area is 200 Å². The molecule has 178 valence electrons. The molecule has 1 atom stereocenters. The highest BCUT2D eigenvalue weighted by Gasteiger charge is 2.33. The maximum atomic E-state index is 13.1. The minimum Gasteiger partial charge on any atom is -0.370 e. The van der Waals surface area contributed by atoms with Gasteiger partial charge in [-0.1, -0.05) is 74.2 Å². The van der Waals surface area contributed by atoms with Crippen LogP contribution < -0.4 is 10.2 Å². The standard InChI is InChI=1S/C29H41N3O/c1-3-4-10-24-14-18-31(19-15-24)16-8-17-32-22-27(26-12-5-6-13-28(26)32)29(33)30-21-25-11-7-9-23(2)20-25/h5-7,9,11-13,20,24,27H,3-4,8,10,14-19,21-22H2,1-2H3,(H,30,33). The summed E-state index contributed by atoms with van der Waals surface area (Å²) in [6, 6.07) is 16.8. The van der Waals surface area contributed by atoms with Crippen LogP contribution in [0.3, 0.4) is 0 Å². The second kappa shape index (κ2) is 11.7.